The van der Waals surface area contributed by atoms with Gasteiger partial charge in [0.05, 0.1) is 16.6 Å². The predicted molar refractivity (Wildman–Crippen MR) is 154 cm³/mol. The number of fused-ring (bicyclic) bond motifs is 3. The Kier molecular flexibility index (Phi) is 6.08. The van der Waals surface area contributed by atoms with Gasteiger partial charge in [0, 0.05) is 25.8 Å². The van der Waals surface area contributed by atoms with Crippen molar-refractivity contribution in [2.45, 2.75) is 36.1 Å². The topological polar surface area (TPSA) is 88.5 Å². The number of nitrogens with one attached hydrogen (secondary N) is 1. The highest BCUT2D eigenvalue weighted by molar-refractivity contribution is 9.10. The standard InChI is InChI=1S/C28H22BrN3O4S2/c1-28(2)21-22(25(35)32(24(21)34)17-12-10-16(29)11-13-17)37-26-23(28)38-27(36)31(26)14-20(33)30-19-9-5-7-15-6-3-4-8-18(15)19/h3-13,21-22H,14H2,1-2H3,(H,30,33). The molecular formula is C28H22BrN3O4S2. The molecule has 10 heteroatoms. The summed E-state index contributed by atoms with van der Waals surface area (Å²) < 4.78 is 2.28. The molecule has 0 radical (unpaired) electrons. The van der Waals surface area contributed by atoms with E-state index in [9.17, 15) is 19.2 Å². The quantitative estimate of drug-likeness (QED) is 0.314. The second-order valence-electron chi connectivity index (χ2n) is 9.89. The molecule has 0 bridgehead atoms. The molecule has 1 fully saturated rings. The minimum absolute atomic E-state index is 0.188. The van der Waals surface area contributed by atoms with Crippen LogP contribution in [0.4, 0.5) is 11.4 Å². The second-order valence-corrected chi connectivity index (χ2v) is 12.9. The third-order valence-corrected chi connectivity index (χ3v) is 10.5. The lowest BCUT2D eigenvalue weighted by Crippen LogP contribution is -2.41. The van der Waals surface area contributed by atoms with Crippen LogP contribution in [0.5, 0.6) is 0 Å². The number of carbonyl (C=O) groups excluding carboxylic acids is 3. The molecule has 192 valence electrons. The summed E-state index contributed by atoms with van der Waals surface area (Å²) in [5.74, 6) is -1.54. The largest absolute Gasteiger partial charge is 0.324 e. The van der Waals surface area contributed by atoms with Crippen LogP contribution in [0.25, 0.3) is 10.8 Å². The van der Waals surface area contributed by atoms with E-state index in [0.29, 0.717) is 16.4 Å². The molecule has 0 aliphatic carbocycles. The van der Waals surface area contributed by atoms with Crippen LogP contribution < -0.4 is 15.1 Å². The second kappa shape index (κ2) is 9.21. The molecule has 0 saturated carbocycles. The molecule has 2 unspecified atom stereocenters. The molecule has 7 nitrogen and oxygen atoms in total. The highest BCUT2D eigenvalue weighted by Gasteiger charge is 2.59. The number of amides is 3. The number of rotatable bonds is 4. The van der Waals surface area contributed by atoms with E-state index >= 15 is 0 Å². The minimum Gasteiger partial charge on any atom is -0.324 e. The molecular weight excluding hydrogens is 586 g/mol. The van der Waals surface area contributed by atoms with Gasteiger partial charge in [-0.25, -0.2) is 4.90 Å². The fourth-order valence-electron chi connectivity index (χ4n) is 5.28. The Morgan fingerprint density at radius 2 is 1.68 bits per heavy atom. The lowest BCUT2D eigenvalue weighted by atomic mass is 9.76. The molecule has 6 rings (SSSR count). The first-order valence-electron chi connectivity index (χ1n) is 12.0. The van der Waals surface area contributed by atoms with Crippen molar-refractivity contribution in [2.75, 3.05) is 10.2 Å². The van der Waals surface area contributed by atoms with Crippen molar-refractivity contribution in [3.8, 4) is 0 Å². The Morgan fingerprint density at radius 1 is 0.974 bits per heavy atom. The van der Waals surface area contributed by atoms with Crippen molar-refractivity contribution in [3.05, 3.63) is 85.7 Å². The molecule has 4 aromatic rings. The van der Waals surface area contributed by atoms with Gasteiger partial charge in [-0.2, -0.15) is 0 Å². The Hall–Kier alpha value is -3.21. The number of thiazole rings is 1. The maximum Gasteiger partial charge on any atom is 0.308 e. The van der Waals surface area contributed by atoms with Crippen molar-refractivity contribution >= 4 is 78.9 Å². The summed E-state index contributed by atoms with van der Waals surface area (Å²) in [5, 5.41) is 4.74. The molecule has 0 spiro atoms. The number of benzene rings is 3. The van der Waals surface area contributed by atoms with Crippen molar-refractivity contribution in [1.29, 1.82) is 0 Å². The number of halogens is 1. The molecule has 3 heterocycles. The van der Waals surface area contributed by atoms with Crippen molar-refractivity contribution in [3.63, 3.8) is 0 Å². The van der Waals surface area contributed by atoms with Crippen molar-refractivity contribution < 1.29 is 14.4 Å². The Bertz CT molecular complexity index is 1690. The fourth-order valence-corrected chi connectivity index (χ4v) is 8.58. The summed E-state index contributed by atoms with van der Waals surface area (Å²) in [6.45, 7) is 3.61. The van der Waals surface area contributed by atoms with E-state index < -0.39 is 16.6 Å². The molecule has 2 atom stereocenters. The molecule has 2 aliphatic heterocycles. The number of thioether (sulfide) groups is 1. The first-order valence-corrected chi connectivity index (χ1v) is 14.5. The van der Waals surface area contributed by atoms with E-state index in [1.54, 1.807) is 24.3 Å². The molecule has 1 saturated heterocycles. The Morgan fingerprint density at radius 3 is 2.45 bits per heavy atom. The predicted octanol–water partition coefficient (Wildman–Crippen LogP) is 5.41. The van der Waals surface area contributed by atoms with Gasteiger partial charge in [-0.15, -0.1) is 0 Å². The average Bonchev–Trinajstić information content (AvgIpc) is 3.34. The van der Waals surface area contributed by atoms with Gasteiger partial charge in [0.1, 0.15) is 11.8 Å². The van der Waals surface area contributed by atoms with E-state index in [1.165, 1.54) is 21.2 Å². The zero-order chi connectivity index (χ0) is 26.8. The van der Waals surface area contributed by atoms with Gasteiger partial charge in [0.15, 0.2) is 0 Å². The minimum atomic E-state index is -0.761. The monoisotopic (exact) mass is 607 g/mol. The summed E-state index contributed by atoms with van der Waals surface area (Å²) in [5.41, 5.74) is 0.424. The SMILES string of the molecule is CC1(C)c2sc(=O)n(CC(=O)Nc3cccc4ccccc34)c2SC2C(=O)N(c3ccc(Br)cc3)C(=O)C21. The lowest BCUT2D eigenvalue weighted by molar-refractivity contribution is -0.123. The number of hydrogen-bond donors (Lipinski definition) is 1. The van der Waals surface area contributed by atoms with Gasteiger partial charge in [-0.1, -0.05) is 89.3 Å². The summed E-state index contributed by atoms with van der Waals surface area (Å²) in [4.78, 5) is 55.0. The molecule has 1 N–H and O–H groups in total. The highest BCUT2D eigenvalue weighted by Crippen LogP contribution is 2.54. The number of anilines is 2. The van der Waals surface area contributed by atoms with Crippen LogP contribution in [-0.2, 0) is 26.3 Å². The van der Waals surface area contributed by atoms with E-state index in [2.05, 4.69) is 21.2 Å². The molecule has 2 aliphatic rings. The number of hydrogen-bond acceptors (Lipinski definition) is 6. The van der Waals surface area contributed by atoms with E-state index in [1.807, 2.05) is 56.3 Å². The Balaban J connectivity index is 1.32. The first kappa shape index (κ1) is 25.1. The average molecular weight is 609 g/mol. The molecule has 38 heavy (non-hydrogen) atoms. The Labute approximate surface area is 235 Å². The third kappa shape index (κ3) is 3.93. The summed E-state index contributed by atoms with van der Waals surface area (Å²) >= 11 is 5.65. The van der Waals surface area contributed by atoms with Crippen LogP contribution in [0.1, 0.15) is 18.7 Å². The van der Waals surface area contributed by atoms with Crippen LogP contribution in [0.3, 0.4) is 0 Å². The van der Waals surface area contributed by atoms with E-state index in [0.717, 1.165) is 31.5 Å². The zero-order valence-electron chi connectivity index (χ0n) is 20.4. The van der Waals surface area contributed by atoms with E-state index in [4.69, 9.17) is 0 Å². The van der Waals surface area contributed by atoms with Crippen molar-refractivity contribution in [1.82, 2.24) is 4.57 Å². The molecule has 3 aromatic carbocycles. The van der Waals surface area contributed by atoms with Gasteiger partial charge in [-0.3, -0.25) is 23.7 Å². The number of imide groups is 1. The summed E-state index contributed by atoms with van der Waals surface area (Å²) in [6, 6.07) is 20.5. The third-order valence-electron chi connectivity index (χ3n) is 7.15. The first-order chi connectivity index (χ1) is 18.2. The van der Waals surface area contributed by atoms with Crippen molar-refractivity contribution in [2.24, 2.45) is 5.92 Å². The van der Waals surface area contributed by atoms with Gasteiger partial charge >= 0.3 is 4.87 Å². The molecule has 3 amide bonds. The zero-order valence-corrected chi connectivity index (χ0v) is 23.7. The van der Waals surface area contributed by atoms with Crippen LogP contribution >= 0.6 is 39.0 Å². The number of carbonyl (C=O) groups is 3. The number of nitrogens with zero attached hydrogens (tertiary/aromatic N) is 2. The fraction of sp³-hybridized carbons (Fsp3) is 0.214. The lowest BCUT2D eigenvalue weighted by Gasteiger charge is -2.36. The number of aromatic nitrogens is 1. The van der Waals surface area contributed by atoms with Gasteiger partial charge in [-0.05, 0) is 35.7 Å². The summed E-state index contributed by atoms with van der Waals surface area (Å²) in [7, 11) is 0. The molecule has 1 aromatic heterocycles. The smallest absolute Gasteiger partial charge is 0.308 e. The van der Waals surface area contributed by atoms with Crippen LogP contribution in [0.15, 0.2) is 81.0 Å². The van der Waals surface area contributed by atoms with Gasteiger partial charge in [0.2, 0.25) is 17.7 Å². The van der Waals surface area contributed by atoms with E-state index in [-0.39, 0.29) is 29.1 Å². The maximum absolute atomic E-state index is 13.6. The van der Waals surface area contributed by atoms with Crippen LogP contribution in [0.2, 0.25) is 0 Å². The highest BCUT2D eigenvalue weighted by atomic mass is 79.9. The van der Waals surface area contributed by atoms with Gasteiger partial charge in [0.25, 0.3) is 0 Å². The maximum atomic E-state index is 13.6. The van der Waals surface area contributed by atoms with Gasteiger partial charge < -0.3 is 5.32 Å². The van der Waals surface area contributed by atoms with Crippen LogP contribution in [-0.4, -0.2) is 27.5 Å². The van der Waals surface area contributed by atoms with Crippen LogP contribution in [0, 0.1) is 5.92 Å². The normalized spacial score (nSPS) is 19.9. The summed E-state index contributed by atoms with van der Waals surface area (Å²) in [6.07, 6.45) is 0.